The molecule has 1 aliphatic heterocycles. The summed E-state index contributed by atoms with van der Waals surface area (Å²) in [6.45, 7) is 4.18. The molecule has 0 bridgehead atoms. The van der Waals surface area contributed by atoms with E-state index < -0.39 is 0 Å². The van der Waals surface area contributed by atoms with Gasteiger partial charge in [-0.1, -0.05) is 13.3 Å². The molecule has 0 aliphatic carbocycles. The zero-order valence-corrected chi connectivity index (χ0v) is 12.8. The number of hydrogen-bond acceptors (Lipinski definition) is 4. The Bertz CT molecular complexity index is 536. The van der Waals surface area contributed by atoms with Gasteiger partial charge in [0.15, 0.2) is 0 Å². The number of allylic oxidation sites excluding steroid dienone is 1. The van der Waals surface area contributed by atoms with Crippen molar-refractivity contribution >= 4 is 11.6 Å². The molecule has 0 saturated heterocycles. The van der Waals surface area contributed by atoms with Gasteiger partial charge in [0.1, 0.15) is 11.5 Å². The highest BCUT2D eigenvalue weighted by molar-refractivity contribution is 5.95. The lowest BCUT2D eigenvalue weighted by Gasteiger charge is -2.32. The van der Waals surface area contributed by atoms with E-state index in [0.29, 0.717) is 5.96 Å². The van der Waals surface area contributed by atoms with Crippen LogP contribution in [0.2, 0.25) is 0 Å². The predicted molar refractivity (Wildman–Crippen MR) is 85.7 cm³/mol. The SMILES string of the molecule is CCCCC1(NC)C=C(C)NC(Nc2ccc(F)cc2)=N1. The summed E-state index contributed by atoms with van der Waals surface area (Å²) < 4.78 is 13.0. The summed E-state index contributed by atoms with van der Waals surface area (Å²) in [5, 5.41) is 9.71. The number of unbranched alkanes of at least 4 members (excludes halogenated alkanes) is 1. The first kappa shape index (κ1) is 15.5. The Balaban J connectivity index is 2.18. The van der Waals surface area contributed by atoms with Crippen molar-refractivity contribution in [2.24, 2.45) is 4.99 Å². The van der Waals surface area contributed by atoms with Gasteiger partial charge < -0.3 is 10.6 Å². The fraction of sp³-hybridized carbons (Fsp3) is 0.438. The van der Waals surface area contributed by atoms with Gasteiger partial charge in [-0.25, -0.2) is 9.38 Å². The first-order chi connectivity index (χ1) is 10.1. The number of rotatable bonds is 5. The number of aliphatic imine (C=N–C) groups is 1. The van der Waals surface area contributed by atoms with Gasteiger partial charge >= 0.3 is 0 Å². The lowest BCUT2D eigenvalue weighted by atomic mass is 10.0. The molecular formula is C16H23FN4. The minimum atomic E-state index is -0.381. The monoisotopic (exact) mass is 290 g/mol. The number of likely N-dealkylation sites (N-methyl/N-ethyl adjacent to an activating group) is 1. The molecule has 2 rings (SSSR count). The van der Waals surface area contributed by atoms with Crippen LogP contribution in [-0.2, 0) is 0 Å². The van der Waals surface area contributed by atoms with Gasteiger partial charge in [-0.2, -0.15) is 0 Å². The van der Waals surface area contributed by atoms with Crippen LogP contribution in [0.25, 0.3) is 0 Å². The van der Waals surface area contributed by atoms with E-state index in [4.69, 9.17) is 4.99 Å². The molecule has 0 radical (unpaired) electrons. The number of halogens is 1. The maximum absolute atomic E-state index is 13.0. The predicted octanol–water partition coefficient (Wildman–Crippen LogP) is 3.21. The largest absolute Gasteiger partial charge is 0.330 e. The molecule has 0 fully saturated rings. The van der Waals surface area contributed by atoms with E-state index in [0.717, 1.165) is 30.6 Å². The molecule has 0 spiro atoms. The number of benzene rings is 1. The smallest absolute Gasteiger partial charge is 0.202 e. The summed E-state index contributed by atoms with van der Waals surface area (Å²) in [6, 6.07) is 6.24. The average Bonchev–Trinajstić information content (AvgIpc) is 2.47. The van der Waals surface area contributed by atoms with Crippen LogP contribution in [0.3, 0.4) is 0 Å². The molecule has 0 aromatic heterocycles. The Morgan fingerprint density at radius 2 is 2.00 bits per heavy atom. The van der Waals surface area contributed by atoms with Crippen LogP contribution in [0, 0.1) is 5.82 Å². The number of nitrogens with one attached hydrogen (secondary N) is 3. The Morgan fingerprint density at radius 3 is 2.62 bits per heavy atom. The third-order valence-corrected chi connectivity index (χ3v) is 3.53. The molecule has 3 N–H and O–H groups in total. The van der Waals surface area contributed by atoms with Crippen LogP contribution in [0.1, 0.15) is 33.1 Å². The molecule has 1 aromatic rings. The molecule has 114 valence electrons. The minimum Gasteiger partial charge on any atom is -0.330 e. The quantitative estimate of drug-likeness (QED) is 0.780. The van der Waals surface area contributed by atoms with E-state index in [9.17, 15) is 4.39 Å². The van der Waals surface area contributed by atoms with Crippen molar-refractivity contribution in [3.05, 3.63) is 41.9 Å². The fourth-order valence-corrected chi connectivity index (χ4v) is 2.40. The summed E-state index contributed by atoms with van der Waals surface area (Å²) in [5.41, 5.74) is 1.46. The van der Waals surface area contributed by atoms with E-state index in [1.54, 1.807) is 12.1 Å². The molecule has 1 heterocycles. The van der Waals surface area contributed by atoms with E-state index in [1.165, 1.54) is 12.1 Å². The van der Waals surface area contributed by atoms with Gasteiger partial charge in [0.2, 0.25) is 5.96 Å². The molecule has 1 aliphatic rings. The molecule has 1 unspecified atom stereocenters. The number of anilines is 1. The highest BCUT2D eigenvalue weighted by Gasteiger charge is 2.28. The van der Waals surface area contributed by atoms with Crippen molar-refractivity contribution in [1.82, 2.24) is 10.6 Å². The second kappa shape index (κ2) is 6.72. The lowest BCUT2D eigenvalue weighted by Crippen LogP contribution is -2.47. The van der Waals surface area contributed by atoms with Crippen LogP contribution < -0.4 is 16.0 Å². The molecular weight excluding hydrogens is 267 g/mol. The summed E-state index contributed by atoms with van der Waals surface area (Å²) in [7, 11) is 1.92. The Hall–Kier alpha value is -1.88. The van der Waals surface area contributed by atoms with Gasteiger partial charge in [-0.15, -0.1) is 0 Å². The van der Waals surface area contributed by atoms with E-state index >= 15 is 0 Å². The summed E-state index contributed by atoms with van der Waals surface area (Å²) in [5.74, 6) is 0.426. The van der Waals surface area contributed by atoms with E-state index in [1.807, 2.05) is 14.0 Å². The maximum Gasteiger partial charge on any atom is 0.202 e. The highest BCUT2D eigenvalue weighted by Crippen LogP contribution is 2.22. The minimum absolute atomic E-state index is 0.248. The molecule has 1 atom stereocenters. The van der Waals surface area contributed by atoms with Gasteiger partial charge in [-0.3, -0.25) is 5.32 Å². The average molecular weight is 290 g/mol. The van der Waals surface area contributed by atoms with Crippen molar-refractivity contribution in [2.45, 2.75) is 38.8 Å². The molecule has 4 nitrogen and oxygen atoms in total. The Labute approximate surface area is 125 Å². The zero-order chi connectivity index (χ0) is 15.3. The normalized spacial score (nSPS) is 21.3. The highest BCUT2D eigenvalue weighted by atomic mass is 19.1. The van der Waals surface area contributed by atoms with Crippen LogP contribution in [0.15, 0.2) is 41.0 Å². The van der Waals surface area contributed by atoms with Crippen molar-refractivity contribution in [3.63, 3.8) is 0 Å². The van der Waals surface area contributed by atoms with Gasteiger partial charge in [0.25, 0.3) is 0 Å². The third kappa shape index (κ3) is 4.04. The molecule has 0 amide bonds. The zero-order valence-electron chi connectivity index (χ0n) is 12.8. The van der Waals surface area contributed by atoms with Crippen molar-refractivity contribution < 1.29 is 4.39 Å². The first-order valence-corrected chi connectivity index (χ1v) is 7.35. The van der Waals surface area contributed by atoms with Crippen LogP contribution in [0.4, 0.5) is 10.1 Å². The fourth-order valence-electron chi connectivity index (χ4n) is 2.40. The van der Waals surface area contributed by atoms with E-state index in [2.05, 4.69) is 29.0 Å². The maximum atomic E-state index is 13.0. The lowest BCUT2D eigenvalue weighted by molar-refractivity contribution is 0.400. The van der Waals surface area contributed by atoms with Crippen LogP contribution in [0.5, 0.6) is 0 Å². The van der Waals surface area contributed by atoms with Gasteiger partial charge in [0, 0.05) is 11.4 Å². The molecule has 21 heavy (non-hydrogen) atoms. The first-order valence-electron chi connectivity index (χ1n) is 7.35. The number of hydrogen-bond donors (Lipinski definition) is 3. The van der Waals surface area contributed by atoms with Crippen LogP contribution >= 0.6 is 0 Å². The van der Waals surface area contributed by atoms with Crippen molar-refractivity contribution in [1.29, 1.82) is 0 Å². The number of nitrogens with zero attached hydrogens (tertiary/aromatic N) is 1. The Morgan fingerprint density at radius 1 is 1.29 bits per heavy atom. The summed E-state index contributed by atoms with van der Waals surface area (Å²) in [4.78, 5) is 4.75. The van der Waals surface area contributed by atoms with E-state index in [-0.39, 0.29) is 11.5 Å². The second-order valence-electron chi connectivity index (χ2n) is 5.32. The van der Waals surface area contributed by atoms with Crippen molar-refractivity contribution in [2.75, 3.05) is 12.4 Å². The van der Waals surface area contributed by atoms with Crippen LogP contribution in [-0.4, -0.2) is 18.7 Å². The third-order valence-electron chi connectivity index (χ3n) is 3.53. The topological polar surface area (TPSA) is 48.4 Å². The molecule has 1 aromatic carbocycles. The molecule has 0 saturated carbocycles. The second-order valence-corrected chi connectivity index (χ2v) is 5.32. The standard InChI is InChI=1S/C16H23FN4/c1-4-5-10-16(18-3)11-12(2)19-15(21-16)20-14-8-6-13(17)7-9-14/h6-9,11,18H,4-5,10H2,1-3H3,(H2,19,20,21). The Kier molecular flexibility index (Phi) is 4.96. The summed E-state index contributed by atoms with van der Waals surface area (Å²) >= 11 is 0. The van der Waals surface area contributed by atoms with Crippen molar-refractivity contribution in [3.8, 4) is 0 Å². The molecule has 5 heteroatoms. The van der Waals surface area contributed by atoms with Gasteiger partial charge in [-0.05, 0) is 57.2 Å². The summed E-state index contributed by atoms with van der Waals surface area (Å²) in [6.07, 6.45) is 5.27. The number of guanidine groups is 1. The van der Waals surface area contributed by atoms with Gasteiger partial charge in [0.05, 0.1) is 0 Å².